The molecule has 0 aromatic carbocycles. The van der Waals surface area contributed by atoms with Crippen molar-refractivity contribution in [2.24, 2.45) is 0 Å². The van der Waals surface area contributed by atoms with Gasteiger partial charge in [-0.2, -0.15) is 0 Å². The molecule has 2 aromatic heterocycles. The fourth-order valence-corrected chi connectivity index (χ4v) is 1.48. The summed E-state index contributed by atoms with van der Waals surface area (Å²) in [7, 11) is 0. The number of aromatic carboxylic acids is 1. The summed E-state index contributed by atoms with van der Waals surface area (Å²) in [6.07, 6.45) is 4.70. The first-order valence-electron chi connectivity index (χ1n) is 5.24. The van der Waals surface area contributed by atoms with Gasteiger partial charge in [-0.05, 0) is 32.1 Å². The van der Waals surface area contributed by atoms with E-state index in [0.29, 0.717) is 11.5 Å². The molecule has 0 saturated carbocycles. The number of rotatable bonds is 3. The molecule has 6 heteroatoms. The number of nitrogens with zero attached hydrogens (tertiary/aromatic N) is 3. The van der Waals surface area contributed by atoms with Crippen molar-refractivity contribution in [1.82, 2.24) is 15.1 Å². The number of aromatic nitrogens is 3. The highest BCUT2D eigenvalue weighted by Crippen LogP contribution is 2.15. The molecule has 0 unspecified atom stereocenters. The molecule has 6 nitrogen and oxygen atoms in total. The normalized spacial score (nSPS) is 11.0. The predicted molar refractivity (Wildman–Crippen MR) is 63.9 cm³/mol. The zero-order valence-corrected chi connectivity index (χ0v) is 9.91. The molecule has 0 saturated heterocycles. The largest absolute Gasteiger partial charge is 0.477 e. The smallest absolute Gasteiger partial charge is 0.354 e. The molecule has 2 heterocycles. The van der Waals surface area contributed by atoms with Crippen molar-refractivity contribution < 1.29 is 14.4 Å². The Morgan fingerprint density at radius 3 is 2.72 bits per heavy atom. The van der Waals surface area contributed by atoms with Gasteiger partial charge in [0.2, 0.25) is 0 Å². The second-order valence-corrected chi connectivity index (χ2v) is 3.70. The van der Waals surface area contributed by atoms with Gasteiger partial charge in [-0.25, -0.2) is 14.8 Å². The third-order valence-electron chi connectivity index (χ3n) is 2.42. The van der Waals surface area contributed by atoms with Gasteiger partial charge in [0, 0.05) is 5.56 Å². The van der Waals surface area contributed by atoms with Crippen molar-refractivity contribution in [3.05, 3.63) is 40.8 Å². The van der Waals surface area contributed by atoms with Crippen LogP contribution >= 0.6 is 0 Å². The maximum atomic E-state index is 10.8. The van der Waals surface area contributed by atoms with Gasteiger partial charge in [0.25, 0.3) is 0 Å². The van der Waals surface area contributed by atoms with Crippen LogP contribution in [-0.2, 0) is 0 Å². The zero-order chi connectivity index (χ0) is 13.1. The minimum Gasteiger partial charge on any atom is -0.477 e. The monoisotopic (exact) mass is 245 g/mol. The van der Waals surface area contributed by atoms with Crippen LogP contribution in [0.5, 0.6) is 0 Å². The molecule has 0 aliphatic rings. The first kappa shape index (κ1) is 12.0. The van der Waals surface area contributed by atoms with Crippen molar-refractivity contribution >= 4 is 18.1 Å². The maximum Gasteiger partial charge on any atom is 0.354 e. The minimum absolute atomic E-state index is 0.0385. The molecule has 2 aromatic rings. The van der Waals surface area contributed by atoms with Crippen LogP contribution in [0, 0.1) is 13.8 Å². The Balaban J connectivity index is 2.29. The van der Waals surface area contributed by atoms with E-state index in [1.165, 1.54) is 12.4 Å². The highest BCUT2D eigenvalue weighted by atomic mass is 16.5. The number of carboxylic acids is 1. The summed E-state index contributed by atoms with van der Waals surface area (Å²) in [6.45, 7) is 3.64. The van der Waals surface area contributed by atoms with Gasteiger partial charge < -0.3 is 9.63 Å². The van der Waals surface area contributed by atoms with E-state index in [1.807, 2.05) is 13.8 Å². The Labute approximate surface area is 103 Å². The summed E-state index contributed by atoms with van der Waals surface area (Å²) in [5.74, 6) is -0.374. The summed E-state index contributed by atoms with van der Waals surface area (Å²) >= 11 is 0. The lowest BCUT2D eigenvalue weighted by atomic mass is 10.2. The van der Waals surface area contributed by atoms with Crippen LogP contribution in [0.25, 0.3) is 12.2 Å². The minimum atomic E-state index is -1.08. The lowest BCUT2D eigenvalue weighted by Crippen LogP contribution is -2.00. The second kappa shape index (κ2) is 4.79. The van der Waals surface area contributed by atoms with E-state index >= 15 is 0 Å². The Bertz CT molecular complexity index is 597. The molecular formula is C12H11N3O3. The lowest BCUT2D eigenvalue weighted by molar-refractivity contribution is 0.0690. The second-order valence-electron chi connectivity index (χ2n) is 3.70. The van der Waals surface area contributed by atoms with Crippen molar-refractivity contribution in [3.8, 4) is 0 Å². The van der Waals surface area contributed by atoms with E-state index in [0.717, 1.165) is 11.3 Å². The van der Waals surface area contributed by atoms with Crippen LogP contribution in [0.2, 0.25) is 0 Å². The third-order valence-corrected chi connectivity index (χ3v) is 2.42. The summed E-state index contributed by atoms with van der Waals surface area (Å²) < 4.78 is 5.02. The molecule has 0 atom stereocenters. The van der Waals surface area contributed by atoms with Gasteiger partial charge >= 0.3 is 5.97 Å². The number of hydrogen-bond acceptors (Lipinski definition) is 5. The topological polar surface area (TPSA) is 89.1 Å². The number of aryl methyl sites for hydroxylation is 2. The summed E-state index contributed by atoms with van der Waals surface area (Å²) in [6, 6.07) is 1.40. The zero-order valence-electron chi connectivity index (χ0n) is 9.91. The summed E-state index contributed by atoms with van der Waals surface area (Å²) in [5, 5.41) is 12.6. The van der Waals surface area contributed by atoms with Gasteiger partial charge in [-0.1, -0.05) is 5.16 Å². The Hall–Kier alpha value is -2.50. The van der Waals surface area contributed by atoms with E-state index in [1.54, 1.807) is 12.2 Å². The Morgan fingerprint density at radius 1 is 1.33 bits per heavy atom. The summed E-state index contributed by atoms with van der Waals surface area (Å²) in [4.78, 5) is 18.4. The van der Waals surface area contributed by atoms with Crippen molar-refractivity contribution in [2.75, 3.05) is 0 Å². The molecular weight excluding hydrogens is 234 g/mol. The number of hydrogen-bond donors (Lipinski definition) is 1. The van der Waals surface area contributed by atoms with Gasteiger partial charge in [-0.15, -0.1) is 0 Å². The molecule has 0 amide bonds. The molecule has 0 aliphatic carbocycles. The van der Waals surface area contributed by atoms with Crippen LogP contribution in [-0.4, -0.2) is 26.2 Å². The van der Waals surface area contributed by atoms with Crippen LogP contribution < -0.4 is 0 Å². The van der Waals surface area contributed by atoms with E-state index in [2.05, 4.69) is 15.1 Å². The fraction of sp³-hybridized carbons (Fsp3) is 0.167. The predicted octanol–water partition coefficient (Wildman–Crippen LogP) is 1.95. The van der Waals surface area contributed by atoms with Crippen molar-refractivity contribution in [1.29, 1.82) is 0 Å². The van der Waals surface area contributed by atoms with Gasteiger partial charge in [-0.3, -0.25) is 0 Å². The van der Waals surface area contributed by atoms with Gasteiger partial charge in [0.05, 0.1) is 11.4 Å². The molecule has 1 N–H and O–H groups in total. The van der Waals surface area contributed by atoms with Crippen LogP contribution in [0.3, 0.4) is 0 Å². The standard InChI is InChI=1S/C12H11N3O3/c1-7-10(8(2)18-15-7)4-3-9-5-11(12(16)17)14-6-13-9/h3-6H,1-2H3,(H,16,17). The van der Waals surface area contributed by atoms with E-state index in [9.17, 15) is 4.79 Å². The van der Waals surface area contributed by atoms with Gasteiger partial charge in [0.15, 0.2) is 5.69 Å². The Morgan fingerprint density at radius 2 is 2.11 bits per heavy atom. The highest BCUT2D eigenvalue weighted by Gasteiger charge is 2.06. The molecule has 0 fully saturated rings. The quantitative estimate of drug-likeness (QED) is 0.888. The third kappa shape index (κ3) is 2.42. The van der Waals surface area contributed by atoms with Crippen molar-refractivity contribution in [2.45, 2.75) is 13.8 Å². The molecule has 0 aliphatic heterocycles. The summed E-state index contributed by atoms with van der Waals surface area (Å²) in [5.41, 5.74) is 2.12. The SMILES string of the molecule is Cc1noc(C)c1C=Cc1cc(C(=O)O)ncn1. The molecule has 92 valence electrons. The van der Waals surface area contributed by atoms with Crippen LogP contribution in [0.15, 0.2) is 16.9 Å². The van der Waals surface area contributed by atoms with Crippen LogP contribution in [0.4, 0.5) is 0 Å². The highest BCUT2D eigenvalue weighted by molar-refractivity contribution is 5.86. The molecule has 2 rings (SSSR count). The van der Waals surface area contributed by atoms with E-state index < -0.39 is 5.97 Å². The first-order chi connectivity index (χ1) is 8.58. The number of carboxylic acid groups (broad SMARTS) is 1. The van der Waals surface area contributed by atoms with Crippen LogP contribution in [0.1, 0.15) is 33.2 Å². The molecule has 0 spiro atoms. The average molecular weight is 245 g/mol. The fourth-order valence-electron chi connectivity index (χ4n) is 1.48. The molecule has 18 heavy (non-hydrogen) atoms. The Kier molecular flexibility index (Phi) is 3.18. The number of carbonyl (C=O) groups is 1. The maximum absolute atomic E-state index is 10.8. The van der Waals surface area contributed by atoms with E-state index in [4.69, 9.17) is 9.63 Å². The molecule has 0 radical (unpaired) electrons. The average Bonchev–Trinajstić information content (AvgIpc) is 2.67. The van der Waals surface area contributed by atoms with E-state index in [-0.39, 0.29) is 5.69 Å². The van der Waals surface area contributed by atoms with Gasteiger partial charge in [0.1, 0.15) is 12.1 Å². The first-order valence-corrected chi connectivity index (χ1v) is 5.24. The lowest BCUT2D eigenvalue weighted by Gasteiger charge is -1.95. The van der Waals surface area contributed by atoms with Crippen molar-refractivity contribution in [3.63, 3.8) is 0 Å². The molecule has 0 bridgehead atoms.